The second-order valence-corrected chi connectivity index (χ2v) is 3.39. The number of carbonyl (C=O) groups excluding carboxylic acids is 2. The third kappa shape index (κ3) is 3.79. The Hall–Kier alpha value is -2.41. The molecule has 98 valence electrons. The van der Waals surface area contributed by atoms with Crippen LogP contribution < -0.4 is 11.2 Å². The number of carbonyl (C=O) groups is 2. The van der Waals surface area contributed by atoms with Crippen LogP contribution in [0.3, 0.4) is 0 Å². The van der Waals surface area contributed by atoms with Gasteiger partial charge in [-0.3, -0.25) is 9.78 Å². The van der Waals surface area contributed by atoms with E-state index in [0.717, 1.165) is 6.07 Å². The van der Waals surface area contributed by atoms with Gasteiger partial charge in [0.05, 0.1) is 0 Å². The van der Waals surface area contributed by atoms with Gasteiger partial charge in [-0.2, -0.15) is 0 Å². The van der Waals surface area contributed by atoms with E-state index < -0.39 is 28.9 Å². The Kier molecular flexibility index (Phi) is 5.22. The van der Waals surface area contributed by atoms with Crippen LogP contribution in [0.2, 0.25) is 0 Å². The van der Waals surface area contributed by atoms with Gasteiger partial charge in [0.1, 0.15) is 11.4 Å². The summed E-state index contributed by atoms with van der Waals surface area (Å²) >= 11 is 0. The number of ether oxygens (including phenoxy) is 1. The van der Waals surface area contributed by atoms with Crippen molar-refractivity contribution < 1.29 is 33.8 Å². The molecule has 0 saturated carbocycles. The Balaban J connectivity index is 0.00000200. The first-order chi connectivity index (χ1) is 9.06. The molecule has 9 heteroatoms. The fourth-order valence-electron chi connectivity index (χ4n) is 1.25. The first kappa shape index (κ1) is 15.7. The van der Waals surface area contributed by atoms with Crippen molar-refractivity contribution in [2.75, 3.05) is 0 Å². The van der Waals surface area contributed by atoms with Crippen molar-refractivity contribution in [1.29, 1.82) is 0 Å². The molecule has 20 heavy (non-hydrogen) atoms. The average Bonchev–Trinajstić information content (AvgIpc) is 2.38. The van der Waals surface area contributed by atoms with E-state index in [9.17, 15) is 19.2 Å². The maximum Gasteiger partial charge on any atom is 0.364 e. The smallest absolute Gasteiger partial charge is 0.364 e. The maximum atomic E-state index is 11.5. The SMILES string of the molecule is O=C(OC(=O)c1cc(=O)[nH]c(=O)[nH]1)c1ccccn1.[Zn]. The quantitative estimate of drug-likeness (QED) is 0.434. The van der Waals surface area contributed by atoms with E-state index in [1.54, 1.807) is 12.1 Å². The summed E-state index contributed by atoms with van der Waals surface area (Å²) in [5, 5.41) is 0. The van der Waals surface area contributed by atoms with Gasteiger partial charge in [0.2, 0.25) is 0 Å². The Morgan fingerprint density at radius 2 is 1.85 bits per heavy atom. The molecule has 0 atom stereocenters. The number of hydrogen-bond donors (Lipinski definition) is 2. The first-order valence-corrected chi connectivity index (χ1v) is 5.07. The summed E-state index contributed by atoms with van der Waals surface area (Å²) in [7, 11) is 0. The van der Waals surface area contributed by atoms with Crippen LogP contribution in [0.4, 0.5) is 0 Å². The summed E-state index contributed by atoms with van der Waals surface area (Å²) in [5.41, 5.74) is -2.13. The van der Waals surface area contributed by atoms with Crippen molar-refractivity contribution in [3.63, 3.8) is 0 Å². The number of rotatable bonds is 2. The molecule has 0 unspecified atom stereocenters. The van der Waals surface area contributed by atoms with Crippen molar-refractivity contribution >= 4 is 11.9 Å². The van der Waals surface area contributed by atoms with Gasteiger partial charge in [-0.1, -0.05) is 6.07 Å². The number of hydrogen-bond acceptors (Lipinski definition) is 6. The van der Waals surface area contributed by atoms with Crippen LogP contribution in [-0.4, -0.2) is 26.9 Å². The van der Waals surface area contributed by atoms with Crippen molar-refractivity contribution in [3.05, 3.63) is 62.7 Å². The number of H-pyrrole nitrogens is 2. The molecule has 0 amide bonds. The van der Waals surface area contributed by atoms with Gasteiger partial charge >= 0.3 is 17.6 Å². The predicted octanol–water partition coefficient (Wildman–Crippen LogP) is -0.547. The molecule has 0 aliphatic heterocycles. The molecule has 0 radical (unpaired) electrons. The molecule has 0 bridgehead atoms. The third-order valence-electron chi connectivity index (χ3n) is 2.04. The van der Waals surface area contributed by atoms with Gasteiger partial charge in [-0.05, 0) is 12.1 Å². The zero-order chi connectivity index (χ0) is 13.8. The average molecular weight is 327 g/mol. The van der Waals surface area contributed by atoms with Gasteiger partial charge in [-0.15, -0.1) is 0 Å². The molecule has 0 saturated heterocycles. The molecule has 0 aliphatic carbocycles. The normalized spacial score (nSPS) is 9.40. The summed E-state index contributed by atoms with van der Waals surface area (Å²) < 4.78 is 4.47. The molecule has 2 aromatic rings. The van der Waals surface area contributed by atoms with E-state index in [0.29, 0.717) is 0 Å². The monoisotopic (exact) mass is 325 g/mol. The van der Waals surface area contributed by atoms with Crippen LogP contribution in [-0.2, 0) is 24.2 Å². The minimum Gasteiger partial charge on any atom is -0.383 e. The van der Waals surface area contributed by atoms with E-state index >= 15 is 0 Å². The third-order valence-corrected chi connectivity index (χ3v) is 2.04. The molecular formula is C11H7N3O5Zn. The fraction of sp³-hybridized carbons (Fsp3) is 0. The van der Waals surface area contributed by atoms with E-state index in [1.807, 2.05) is 9.97 Å². The summed E-state index contributed by atoms with van der Waals surface area (Å²) in [4.78, 5) is 52.6. The van der Waals surface area contributed by atoms with Crippen LogP contribution >= 0.6 is 0 Å². The number of aromatic nitrogens is 3. The molecule has 0 fully saturated rings. The molecule has 2 N–H and O–H groups in total. The minimum absolute atomic E-state index is 0. The molecule has 0 aliphatic rings. The Labute approximate surface area is 124 Å². The minimum atomic E-state index is -1.14. The number of aromatic amines is 2. The van der Waals surface area contributed by atoms with Gasteiger partial charge in [0, 0.05) is 31.7 Å². The van der Waals surface area contributed by atoms with Crippen LogP contribution in [0.25, 0.3) is 0 Å². The van der Waals surface area contributed by atoms with Crippen molar-refractivity contribution in [2.45, 2.75) is 0 Å². The second-order valence-electron chi connectivity index (χ2n) is 3.39. The van der Waals surface area contributed by atoms with Crippen molar-refractivity contribution in [1.82, 2.24) is 15.0 Å². The van der Waals surface area contributed by atoms with Gasteiger partial charge < -0.3 is 9.72 Å². The van der Waals surface area contributed by atoms with Crippen LogP contribution in [0, 0.1) is 0 Å². The van der Waals surface area contributed by atoms with Gasteiger partial charge in [0.15, 0.2) is 0 Å². The summed E-state index contributed by atoms with van der Waals surface area (Å²) in [6.07, 6.45) is 1.36. The topological polar surface area (TPSA) is 122 Å². The van der Waals surface area contributed by atoms with Gasteiger partial charge in [0.25, 0.3) is 5.56 Å². The largest absolute Gasteiger partial charge is 0.383 e. The molecule has 2 rings (SSSR count). The van der Waals surface area contributed by atoms with Crippen LogP contribution in [0.1, 0.15) is 21.0 Å². The molecule has 0 spiro atoms. The predicted molar refractivity (Wildman–Crippen MR) is 61.7 cm³/mol. The Bertz CT molecular complexity index is 709. The van der Waals surface area contributed by atoms with E-state index in [2.05, 4.69) is 9.72 Å². The van der Waals surface area contributed by atoms with E-state index in [1.165, 1.54) is 12.3 Å². The Morgan fingerprint density at radius 1 is 1.10 bits per heavy atom. The zero-order valence-corrected chi connectivity index (χ0v) is 13.0. The van der Waals surface area contributed by atoms with E-state index in [-0.39, 0.29) is 25.2 Å². The number of nitrogens with zero attached hydrogens (tertiary/aromatic N) is 1. The summed E-state index contributed by atoms with van der Waals surface area (Å²) in [5.74, 6) is -2.12. The number of esters is 2. The molecule has 0 aromatic carbocycles. The molecule has 8 nitrogen and oxygen atoms in total. The standard InChI is InChI=1S/C11H7N3O5.Zn/c15-8-5-7(13-11(18)14-8)10(17)19-9(16)6-3-1-2-4-12-6;/h1-5H,(H2,13,14,15,18);. The zero-order valence-electron chi connectivity index (χ0n) is 10.1. The molecule has 2 heterocycles. The molecule has 2 aromatic heterocycles. The Morgan fingerprint density at radius 3 is 2.45 bits per heavy atom. The van der Waals surface area contributed by atoms with Crippen molar-refractivity contribution in [3.8, 4) is 0 Å². The first-order valence-electron chi connectivity index (χ1n) is 5.07. The second kappa shape index (κ2) is 6.67. The van der Waals surface area contributed by atoms with E-state index in [4.69, 9.17) is 0 Å². The maximum absolute atomic E-state index is 11.5. The summed E-state index contributed by atoms with van der Waals surface area (Å²) in [6.45, 7) is 0. The fourth-order valence-corrected chi connectivity index (χ4v) is 1.25. The van der Waals surface area contributed by atoms with Crippen molar-refractivity contribution in [2.24, 2.45) is 0 Å². The van der Waals surface area contributed by atoms with Crippen LogP contribution in [0.15, 0.2) is 40.1 Å². The van der Waals surface area contributed by atoms with Gasteiger partial charge in [-0.25, -0.2) is 19.4 Å². The number of pyridine rings is 1. The number of nitrogens with one attached hydrogen (secondary N) is 2. The van der Waals surface area contributed by atoms with Crippen LogP contribution in [0.5, 0.6) is 0 Å². The summed E-state index contributed by atoms with van der Waals surface area (Å²) in [6, 6.07) is 5.31. The molecular weight excluding hydrogens is 320 g/mol.